The summed E-state index contributed by atoms with van der Waals surface area (Å²) in [4.78, 5) is 0. The molecule has 0 bridgehead atoms. The Labute approximate surface area is 154 Å². The highest BCUT2D eigenvalue weighted by molar-refractivity contribution is 5.18. The molecule has 0 spiro atoms. The van der Waals surface area contributed by atoms with Gasteiger partial charge in [-0.25, -0.2) is 0 Å². The van der Waals surface area contributed by atoms with Gasteiger partial charge < -0.3 is 9.47 Å². The number of ether oxygens (including phenoxy) is 2. The summed E-state index contributed by atoms with van der Waals surface area (Å²) in [6.07, 6.45) is 17.9. The Balaban J connectivity index is 1.42. The second-order valence-electron chi connectivity index (χ2n) is 9.54. The van der Waals surface area contributed by atoms with Gasteiger partial charge >= 0.3 is 0 Å². The van der Waals surface area contributed by atoms with E-state index < -0.39 is 0 Å². The van der Waals surface area contributed by atoms with E-state index in [2.05, 4.69) is 19.9 Å². The fourth-order valence-corrected chi connectivity index (χ4v) is 6.06. The van der Waals surface area contributed by atoms with Crippen molar-refractivity contribution in [1.29, 1.82) is 0 Å². The van der Waals surface area contributed by atoms with Gasteiger partial charge in [0.1, 0.15) is 0 Å². The Morgan fingerprint density at radius 3 is 2.92 bits per heavy atom. The largest absolute Gasteiger partial charge is 0.376 e. The predicted molar refractivity (Wildman–Crippen MR) is 103 cm³/mol. The average Bonchev–Trinajstić information content (AvgIpc) is 2.80. The molecule has 6 atom stereocenters. The second-order valence-corrected chi connectivity index (χ2v) is 9.54. The highest BCUT2D eigenvalue weighted by Crippen LogP contribution is 2.48. The Kier molecular flexibility index (Phi) is 5.57. The maximum atomic E-state index is 6.64. The Morgan fingerprint density at radius 1 is 1.12 bits per heavy atom. The third kappa shape index (κ3) is 3.86. The van der Waals surface area contributed by atoms with Crippen LogP contribution in [0.2, 0.25) is 0 Å². The number of hydrogen-bond acceptors (Lipinski definition) is 2. The van der Waals surface area contributed by atoms with E-state index in [0.717, 1.165) is 43.3 Å². The topological polar surface area (TPSA) is 18.5 Å². The van der Waals surface area contributed by atoms with Crippen LogP contribution in [-0.4, -0.2) is 24.9 Å². The zero-order valence-electron chi connectivity index (χ0n) is 16.5. The van der Waals surface area contributed by atoms with Crippen molar-refractivity contribution in [2.75, 3.05) is 13.2 Å². The molecule has 1 saturated heterocycles. The van der Waals surface area contributed by atoms with Gasteiger partial charge in [-0.2, -0.15) is 0 Å². The molecule has 0 amide bonds. The van der Waals surface area contributed by atoms with E-state index in [1.807, 2.05) is 0 Å². The highest BCUT2D eigenvalue weighted by Gasteiger charge is 2.40. The summed E-state index contributed by atoms with van der Waals surface area (Å²) in [6, 6.07) is 0. The van der Waals surface area contributed by atoms with E-state index in [4.69, 9.17) is 9.47 Å². The van der Waals surface area contributed by atoms with Crippen molar-refractivity contribution in [3.63, 3.8) is 0 Å². The van der Waals surface area contributed by atoms with E-state index in [1.165, 1.54) is 64.2 Å². The first-order valence-corrected chi connectivity index (χ1v) is 11.1. The summed E-state index contributed by atoms with van der Waals surface area (Å²) >= 11 is 0. The summed E-state index contributed by atoms with van der Waals surface area (Å²) in [6.45, 7) is 6.36. The van der Waals surface area contributed by atoms with Crippen molar-refractivity contribution >= 4 is 0 Å². The molecule has 6 unspecified atom stereocenters. The van der Waals surface area contributed by atoms with E-state index in [0.29, 0.717) is 0 Å². The van der Waals surface area contributed by atoms with E-state index in [9.17, 15) is 0 Å². The van der Waals surface area contributed by atoms with Gasteiger partial charge in [0.05, 0.1) is 18.3 Å². The van der Waals surface area contributed by atoms with Crippen LogP contribution >= 0.6 is 0 Å². The summed E-state index contributed by atoms with van der Waals surface area (Å²) in [5.41, 5.74) is 1.72. The van der Waals surface area contributed by atoms with Crippen molar-refractivity contribution in [2.24, 2.45) is 23.7 Å². The molecule has 25 heavy (non-hydrogen) atoms. The van der Waals surface area contributed by atoms with Crippen LogP contribution in [0.3, 0.4) is 0 Å². The molecular formula is C23H38O2. The van der Waals surface area contributed by atoms with Gasteiger partial charge in [0.25, 0.3) is 0 Å². The van der Waals surface area contributed by atoms with Crippen molar-refractivity contribution in [1.82, 2.24) is 0 Å². The minimum atomic E-state index is -0.0835. The van der Waals surface area contributed by atoms with E-state index in [-0.39, 0.29) is 11.7 Å². The van der Waals surface area contributed by atoms with Crippen LogP contribution in [-0.2, 0) is 9.47 Å². The monoisotopic (exact) mass is 346 g/mol. The summed E-state index contributed by atoms with van der Waals surface area (Å²) in [5.74, 6) is 3.44. The number of allylic oxidation sites excluding steroid dienone is 2. The third-order valence-corrected chi connectivity index (χ3v) is 7.96. The number of fused-ring (bicyclic) bond motifs is 2. The molecule has 2 nitrogen and oxygen atoms in total. The van der Waals surface area contributed by atoms with Gasteiger partial charge in [-0.05, 0) is 95.3 Å². The first-order valence-electron chi connectivity index (χ1n) is 11.1. The molecule has 0 aromatic carbocycles. The van der Waals surface area contributed by atoms with Crippen molar-refractivity contribution in [3.8, 4) is 0 Å². The molecule has 0 aromatic heterocycles. The SMILES string of the molecule is CC1OCCCCC1(C)OCC1CCCC2=CC3CCCCC3CC21. The van der Waals surface area contributed by atoms with Gasteiger partial charge in [0, 0.05) is 6.61 Å². The van der Waals surface area contributed by atoms with Crippen LogP contribution in [0.15, 0.2) is 11.6 Å². The second kappa shape index (κ2) is 7.72. The molecule has 0 radical (unpaired) electrons. The zero-order valence-corrected chi connectivity index (χ0v) is 16.5. The molecular weight excluding hydrogens is 308 g/mol. The molecule has 1 heterocycles. The van der Waals surface area contributed by atoms with Crippen LogP contribution in [0.1, 0.15) is 84.5 Å². The summed E-state index contributed by atoms with van der Waals surface area (Å²) in [7, 11) is 0. The summed E-state index contributed by atoms with van der Waals surface area (Å²) < 4.78 is 12.6. The quantitative estimate of drug-likeness (QED) is 0.592. The average molecular weight is 347 g/mol. The van der Waals surface area contributed by atoms with E-state index in [1.54, 1.807) is 5.57 Å². The molecule has 4 rings (SSSR count). The Morgan fingerprint density at radius 2 is 2.00 bits per heavy atom. The van der Waals surface area contributed by atoms with Crippen LogP contribution < -0.4 is 0 Å². The molecule has 3 aliphatic carbocycles. The van der Waals surface area contributed by atoms with Crippen molar-refractivity contribution < 1.29 is 9.47 Å². The minimum absolute atomic E-state index is 0.0835. The Bertz CT molecular complexity index is 484. The lowest BCUT2D eigenvalue weighted by Gasteiger charge is -2.45. The summed E-state index contributed by atoms with van der Waals surface area (Å²) in [5, 5.41) is 0. The standard InChI is InChI=1S/C23H38O2/c1-17-23(2,12-5-6-13-24-17)25-16-21-11-7-10-20-14-18-8-3-4-9-19(18)15-22(20)21/h14,17-19,21-22H,3-13,15-16H2,1-2H3. The molecule has 2 heteroatoms. The van der Waals surface area contributed by atoms with Crippen LogP contribution in [0.5, 0.6) is 0 Å². The molecule has 4 aliphatic rings. The lowest BCUT2D eigenvalue weighted by atomic mass is 9.62. The molecule has 1 aliphatic heterocycles. The maximum absolute atomic E-state index is 6.64. The molecule has 0 N–H and O–H groups in total. The first-order chi connectivity index (χ1) is 12.2. The fourth-order valence-electron chi connectivity index (χ4n) is 6.06. The Hall–Kier alpha value is -0.340. The van der Waals surface area contributed by atoms with Gasteiger partial charge in [-0.1, -0.05) is 24.5 Å². The van der Waals surface area contributed by atoms with Crippen LogP contribution in [0, 0.1) is 23.7 Å². The van der Waals surface area contributed by atoms with Gasteiger partial charge in [0.15, 0.2) is 0 Å². The van der Waals surface area contributed by atoms with Gasteiger partial charge in [-0.15, -0.1) is 0 Å². The minimum Gasteiger partial charge on any atom is -0.376 e. The molecule has 142 valence electrons. The highest BCUT2D eigenvalue weighted by atomic mass is 16.5. The maximum Gasteiger partial charge on any atom is 0.0912 e. The molecule has 2 saturated carbocycles. The number of hydrogen-bond donors (Lipinski definition) is 0. The lowest BCUT2D eigenvalue weighted by molar-refractivity contribution is -0.136. The van der Waals surface area contributed by atoms with Gasteiger partial charge in [-0.3, -0.25) is 0 Å². The van der Waals surface area contributed by atoms with Gasteiger partial charge in [0.2, 0.25) is 0 Å². The predicted octanol–water partition coefficient (Wildman–Crippen LogP) is 5.90. The van der Waals surface area contributed by atoms with Crippen molar-refractivity contribution in [3.05, 3.63) is 11.6 Å². The first kappa shape index (κ1) is 18.0. The smallest absolute Gasteiger partial charge is 0.0912 e. The normalized spacial score (nSPS) is 45.0. The fraction of sp³-hybridized carbons (Fsp3) is 0.913. The number of rotatable bonds is 3. The zero-order chi connectivity index (χ0) is 17.3. The van der Waals surface area contributed by atoms with Crippen LogP contribution in [0.4, 0.5) is 0 Å². The van der Waals surface area contributed by atoms with Crippen molar-refractivity contribution in [2.45, 2.75) is 96.2 Å². The third-order valence-electron chi connectivity index (χ3n) is 7.96. The van der Waals surface area contributed by atoms with E-state index >= 15 is 0 Å². The van der Waals surface area contributed by atoms with Crippen LogP contribution in [0.25, 0.3) is 0 Å². The molecule has 3 fully saturated rings. The molecule has 0 aromatic rings. The lowest BCUT2D eigenvalue weighted by Crippen LogP contribution is -2.43.